The number of nitrogens with zero attached hydrogens (tertiary/aromatic N) is 4. The summed E-state index contributed by atoms with van der Waals surface area (Å²) in [6.45, 7) is 1.82. The number of rotatable bonds is 4. The molecule has 1 N–H and O–H groups in total. The summed E-state index contributed by atoms with van der Waals surface area (Å²) in [5.41, 5.74) is 0. The van der Waals surface area contributed by atoms with Gasteiger partial charge in [-0.2, -0.15) is 22.5 Å². The molecule has 1 aliphatic heterocycles. The zero-order chi connectivity index (χ0) is 16.3. The Morgan fingerprint density at radius 3 is 2.55 bits per heavy atom. The van der Waals surface area contributed by atoms with Gasteiger partial charge in [0.25, 0.3) is 0 Å². The molecule has 0 atom stereocenters. The maximum absolute atomic E-state index is 12.4. The highest BCUT2D eigenvalue weighted by molar-refractivity contribution is 7.09. The lowest BCUT2D eigenvalue weighted by Gasteiger charge is -2.32. The van der Waals surface area contributed by atoms with Crippen LogP contribution in [0.15, 0.2) is 0 Å². The second-order valence-corrected chi connectivity index (χ2v) is 6.16. The van der Waals surface area contributed by atoms with Crippen LogP contribution in [-0.4, -0.2) is 64.8 Å². The van der Waals surface area contributed by atoms with Gasteiger partial charge in [-0.1, -0.05) is 0 Å². The lowest BCUT2D eigenvalue weighted by molar-refractivity contribution is -0.144. The molecule has 1 fully saturated rings. The molecule has 6 nitrogen and oxygen atoms in total. The predicted octanol–water partition coefficient (Wildman–Crippen LogP) is 1.52. The van der Waals surface area contributed by atoms with Crippen LogP contribution in [0, 0.1) is 0 Å². The van der Waals surface area contributed by atoms with Crippen molar-refractivity contribution in [2.75, 3.05) is 39.0 Å². The number of nitrogens with one attached hydrogen (secondary N) is 1. The van der Waals surface area contributed by atoms with Crippen molar-refractivity contribution in [3.8, 4) is 0 Å². The van der Waals surface area contributed by atoms with Crippen LogP contribution in [0.1, 0.15) is 18.7 Å². The van der Waals surface area contributed by atoms with E-state index in [-0.39, 0.29) is 17.1 Å². The smallest absolute Gasteiger partial charge is 0.357 e. The summed E-state index contributed by atoms with van der Waals surface area (Å²) < 4.78 is 40.6. The van der Waals surface area contributed by atoms with E-state index in [0.29, 0.717) is 6.54 Å². The van der Waals surface area contributed by atoms with E-state index in [4.69, 9.17) is 0 Å². The molecule has 0 saturated carbocycles. The van der Waals surface area contributed by atoms with Gasteiger partial charge in [-0.15, -0.1) is 0 Å². The van der Waals surface area contributed by atoms with Crippen LogP contribution < -0.4 is 5.32 Å². The molecule has 2 heterocycles. The number of hydrogen-bond donors (Lipinski definition) is 1. The van der Waals surface area contributed by atoms with Gasteiger partial charge in [-0.25, -0.2) is 0 Å². The Bertz CT molecular complexity index is 511. The average Bonchev–Trinajstić information content (AvgIpc) is 2.89. The summed E-state index contributed by atoms with van der Waals surface area (Å²) >= 11 is 0.719. The van der Waals surface area contributed by atoms with Gasteiger partial charge in [0, 0.05) is 44.8 Å². The molecule has 10 heteroatoms. The maximum atomic E-state index is 12.4. The highest BCUT2D eigenvalue weighted by atomic mass is 32.1. The van der Waals surface area contributed by atoms with E-state index in [0.717, 1.165) is 37.5 Å². The lowest BCUT2D eigenvalue weighted by Crippen LogP contribution is -2.43. The first kappa shape index (κ1) is 16.9. The summed E-state index contributed by atoms with van der Waals surface area (Å²) in [7, 11) is 3.43. The number of amides is 1. The fourth-order valence-electron chi connectivity index (χ4n) is 2.14. The third kappa shape index (κ3) is 4.54. The normalized spacial score (nSPS) is 17.5. The van der Waals surface area contributed by atoms with E-state index >= 15 is 0 Å². The minimum absolute atomic E-state index is 0.0466. The molecular formula is C12H18F3N5OS. The van der Waals surface area contributed by atoms with Crippen molar-refractivity contribution in [3.05, 3.63) is 5.82 Å². The van der Waals surface area contributed by atoms with Crippen molar-refractivity contribution < 1.29 is 18.0 Å². The van der Waals surface area contributed by atoms with Crippen molar-refractivity contribution in [2.24, 2.45) is 0 Å². The zero-order valence-electron chi connectivity index (χ0n) is 12.4. The number of alkyl halides is 3. The van der Waals surface area contributed by atoms with Crippen LogP contribution in [0.25, 0.3) is 0 Å². The van der Waals surface area contributed by atoms with Crippen LogP contribution in [0.4, 0.5) is 18.3 Å². The minimum atomic E-state index is -4.51. The Hall–Kier alpha value is -1.42. The highest BCUT2D eigenvalue weighted by Gasteiger charge is 2.36. The second kappa shape index (κ2) is 6.78. The lowest BCUT2D eigenvalue weighted by atomic mass is 10.1. The first-order valence-corrected chi connectivity index (χ1v) is 7.63. The van der Waals surface area contributed by atoms with Gasteiger partial charge in [0.2, 0.25) is 16.9 Å². The van der Waals surface area contributed by atoms with E-state index in [9.17, 15) is 18.0 Å². The third-order valence-corrected chi connectivity index (χ3v) is 4.10. The van der Waals surface area contributed by atoms with Gasteiger partial charge in [-0.3, -0.25) is 9.69 Å². The standard InChI is InChI=1S/C12H18F3N5OS/c1-19(2)9(21)7-20-5-3-8(4-6-20)16-11-17-10(18-22-11)12(13,14)15/h8H,3-7H2,1-2H3,(H,16,17,18). The molecule has 0 radical (unpaired) electrons. The van der Waals surface area contributed by atoms with E-state index < -0.39 is 12.0 Å². The number of aromatic nitrogens is 2. The first-order valence-electron chi connectivity index (χ1n) is 6.85. The van der Waals surface area contributed by atoms with Crippen LogP contribution in [-0.2, 0) is 11.0 Å². The van der Waals surface area contributed by atoms with E-state index in [1.54, 1.807) is 19.0 Å². The van der Waals surface area contributed by atoms with E-state index in [1.165, 1.54) is 0 Å². The molecule has 1 aromatic heterocycles. The Morgan fingerprint density at radius 1 is 1.41 bits per heavy atom. The number of anilines is 1. The topological polar surface area (TPSA) is 61.4 Å². The van der Waals surface area contributed by atoms with Gasteiger partial charge < -0.3 is 10.2 Å². The Morgan fingerprint density at radius 2 is 2.05 bits per heavy atom. The summed E-state index contributed by atoms with van der Waals surface area (Å²) in [6.07, 6.45) is -3.00. The van der Waals surface area contributed by atoms with Gasteiger partial charge >= 0.3 is 6.18 Å². The third-order valence-electron chi connectivity index (χ3n) is 3.45. The molecule has 0 bridgehead atoms. The van der Waals surface area contributed by atoms with Crippen molar-refractivity contribution in [3.63, 3.8) is 0 Å². The molecule has 0 aliphatic carbocycles. The summed E-state index contributed by atoms with van der Waals surface area (Å²) in [6, 6.07) is 0.0553. The molecule has 0 spiro atoms. The Labute approximate surface area is 130 Å². The first-order chi connectivity index (χ1) is 10.3. The molecule has 124 valence electrons. The Kier molecular flexibility index (Phi) is 5.22. The molecule has 22 heavy (non-hydrogen) atoms. The molecule has 1 amide bonds. The summed E-state index contributed by atoms with van der Waals surface area (Å²) in [5, 5.41) is 3.18. The SMILES string of the molecule is CN(C)C(=O)CN1CCC(Nc2nc(C(F)(F)F)ns2)CC1. The van der Waals surface area contributed by atoms with Gasteiger partial charge in [0.05, 0.1) is 6.54 Å². The van der Waals surface area contributed by atoms with Crippen LogP contribution >= 0.6 is 11.5 Å². The summed E-state index contributed by atoms with van der Waals surface area (Å²) in [5.74, 6) is -1.06. The van der Waals surface area contributed by atoms with Crippen LogP contribution in [0.2, 0.25) is 0 Å². The summed E-state index contributed by atoms with van der Waals surface area (Å²) in [4.78, 5) is 18.7. The zero-order valence-corrected chi connectivity index (χ0v) is 13.2. The van der Waals surface area contributed by atoms with Crippen molar-refractivity contribution in [2.45, 2.75) is 25.1 Å². The maximum Gasteiger partial charge on any atom is 0.452 e. The van der Waals surface area contributed by atoms with E-state index in [2.05, 4.69) is 14.7 Å². The fraction of sp³-hybridized carbons (Fsp3) is 0.750. The highest BCUT2D eigenvalue weighted by Crippen LogP contribution is 2.29. The number of likely N-dealkylation sites (N-methyl/N-ethyl adjacent to an activating group) is 1. The van der Waals surface area contributed by atoms with Crippen molar-refractivity contribution in [1.29, 1.82) is 0 Å². The van der Waals surface area contributed by atoms with Crippen LogP contribution in [0.5, 0.6) is 0 Å². The number of carbonyl (C=O) groups excluding carboxylic acids is 1. The Balaban J connectivity index is 1.80. The number of piperidine rings is 1. The minimum Gasteiger partial charge on any atom is -0.357 e. The largest absolute Gasteiger partial charge is 0.452 e. The molecular weight excluding hydrogens is 319 g/mol. The van der Waals surface area contributed by atoms with Gasteiger partial charge in [-0.05, 0) is 12.8 Å². The van der Waals surface area contributed by atoms with Crippen LogP contribution in [0.3, 0.4) is 0 Å². The van der Waals surface area contributed by atoms with Gasteiger partial charge in [0.15, 0.2) is 0 Å². The molecule has 1 aliphatic rings. The number of carbonyl (C=O) groups is 1. The predicted molar refractivity (Wildman–Crippen MR) is 76.7 cm³/mol. The number of likely N-dealkylation sites (tertiary alicyclic amines) is 1. The second-order valence-electron chi connectivity index (χ2n) is 5.40. The van der Waals surface area contributed by atoms with Crippen molar-refractivity contribution >= 4 is 22.6 Å². The molecule has 0 aromatic carbocycles. The van der Waals surface area contributed by atoms with Crippen molar-refractivity contribution in [1.82, 2.24) is 19.2 Å². The molecule has 2 rings (SSSR count). The number of halogens is 3. The average molecular weight is 337 g/mol. The molecule has 0 unspecified atom stereocenters. The molecule has 1 aromatic rings. The number of hydrogen-bond acceptors (Lipinski definition) is 6. The monoisotopic (exact) mass is 337 g/mol. The van der Waals surface area contributed by atoms with E-state index in [1.807, 2.05) is 4.90 Å². The quantitative estimate of drug-likeness (QED) is 0.903. The van der Waals surface area contributed by atoms with Gasteiger partial charge in [0.1, 0.15) is 0 Å². The molecule has 1 saturated heterocycles. The fourth-order valence-corrected chi connectivity index (χ4v) is 2.80.